The van der Waals surface area contributed by atoms with Crippen LogP contribution < -0.4 is 5.73 Å². The molecule has 55 heavy (non-hydrogen) atoms. The average molecular weight is 748 g/mol. The molecule has 2 saturated carbocycles. The van der Waals surface area contributed by atoms with Crippen molar-refractivity contribution < 1.29 is 23.9 Å². The number of esters is 2. The topological polar surface area (TPSA) is 102 Å². The van der Waals surface area contributed by atoms with Crippen molar-refractivity contribution in [3.8, 4) is 0 Å². The number of Topliss-reactive ketones (excluding diaryl/α,β-unsaturated/α-hetero) is 1. The van der Waals surface area contributed by atoms with Gasteiger partial charge in [0, 0.05) is 61.6 Å². The molecule has 2 N–H and O–H groups in total. The molecule has 14 rings (SSSR count). The number of carbonyl (C=O) groups is 3. The first-order valence-electron chi connectivity index (χ1n) is 22.5. The monoisotopic (exact) mass is 747 g/mol. The Bertz CT molecular complexity index is 1910. The van der Waals surface area contributed by atoms with Gasteiger partial charge in [-0.2, -0.15) is 0 Å². The molecule has 8 heteroatoms. The van der Waals surface area contributed by atoms with Crippen molar-refractivity contribution in [2.45, 2.75) is 134 Å². The second-order valence-corrected chi connectivity index (χ2v) is 19.9. The summed E-state index contributed by atoms with van der Waals surface area (Å²) in [5, 5.41) is 0. The van der Waals surface area contributed by atoms with E-state index in [1.165, 1.54) is 31.3 Å². The lowest BCUT2D eigenvalue weighted by molar-refractivity contribution is -0.296. The Morgan fingerprint density at radius 1 is 1.00 bits per heavy atom. The van der Waals surface area contributed by atoms with Crippen LogP contribution in [0.4, 0.5) is 0 Å². The van der Waals surface area contributed by atoms with E-state index in [9.17, 15) is 4.79 Å². The number of carbonyl (C=O) groups excluding carboxylic acids is 3. The fraction of sp³-hybridized carbons (Fsp3) is 0.723. The fourth-order valence-electron chi connectivity index (χ4n) is 16.4. The van der Waals surface area contributed by atoms with Crippen molar-refractivity contribution in [3.63, 3.8) is 0 Å². The van der Waals surface area contributed by atoms with E-state index in [2.05, 4.69) is 54.9 Å². The number of piperidine rings is 3. The Labute approximate surface area is 327 Å². The highest BCUT2D eigenvalue weighted by molar-refractivity contribution is 6.02. The number of benzene rings is 1. The van der Waals surface area contributed by atoms with Crippen LogP contribution in [-0.4, -0.2) is 77.9 Å². The maximum absolute atomic E-state index is 15.5. The minimum atomic E-state index is -1.11. The van der Waals surface area contributed by atoms with E-state index in [0.29, 0.717) is 85.4 Å². The lowest BCUT2D eigenvalue weighted by atomic mass is 9.28. The van der Waals surface area contributed by atoms with Gasteiger partial charge in [-0.3, -0.25) is 19.4 Å². The third kappa shape index (κ3) is 4.18. The summed E-state index contributed by atoms with van der Waals surface area (Å²) in [7, 11) is 0. The molecule has 9 aliphatic heterocycles. The van der Waals surface area contributed by atoms with Gasteiger partial charge in [0.2, 0.25) is 0 Å². The van der Waals surface area contributed by atoms with E-state index in [0.717, 1.165) is 68.4 Å². The number of hydrogen-bond acceptors (Lipinski definition) is 8. The van der Waals surface area contributed by atoms with E-state index < -0.39 is 22.5 Å². The van der Waals surface area contributed by atoms with E-state index in [1.807, 2.05) is 6.07 Å². The average Bonchev–Trinajstić information content (AvgIpc) is 3.64. The molecule has 1 aromatic carbocycles. The molecule has 16 atom stereocenters. The third-order valence-corrected chi connectivity index (χ3v) is 17.8. The van der Waals surface area contributed by atoms with E-state index in [1.54, 1.807) is 0 Å². The number of ether oxygens (including phenoxy) is 2. The Morgan fingerprint density at radius 3 is 2.67 bits per heavy atom. The summed E-state index contributed by atoms with van der Waals surface area (Å²) in [4.78, 5) is 51.2. The van der Waals surface area contributed by atoms with Crippen LogP contribution in [0.1, 0.15) is 119 Å². The number of nitrogens with two attached hydrogens (primary N) is 1. The molecule has 12 bridgehead atoms. The van der Waals surface area contributed by atoms with E-state index in [-0.39, 0.29) is 29.7 Å². The molecule has 4 aliphatic carbocycles. The van der Waals surface area contributed by atoms with Crippen LogP contribution in [0.3, 0.4) is 0 Å². The molecule has 8 nitrogen and oxygen atoms in total. The summed E-state index contributed by atoms with van der Waals surface area (Å²) in [6.07, 6.45) is 15.8. The lowest BCUT2D eigenvalue weighted by Crippen LogP contribution is -2.79. The molecule has 6 saturated heterocycles. The van der Waals surface area contributed by atoms with Gasteiger partial charge in [0.1, 0.15) is 5.41 Å². The van der Waals surface area contributed by atoms with Crippen LogP contribution in [0.25, 0.3) is 0 Å². The first kappa shape index (κ1) is 35.4. The van der Waals surface area contributed by atoms with E-state index in [4.69, 9.17) is 15.2 Å². The van der Waals surface area contributed by atoms with Gasteiger partial charge in [0.25, 0.3) is 0 Å². The van der Waals surface area contributed by atoms with Gasteiger partial charge in [-0.15, -0.1) is 0 Å². The van der Waals surface area contributed by atoms with E-state index >= 15 is 9.59 Å². The molecular formula is C47H61N3O5. The SMILES string of the molecule is CCC[C@H]1CC(=O)[C@@H]2OC(=O)[C@@]34C5=C(CC[C@@]23[C@@]2(OC(=O)c3c(CCCN)cccc32)[C@H]4CCC)[C@@H]2C3[C@@H](CC[C@@H]4[C@@H]6C[C@H](CN1C6)CN34)C[C@H](C)[C@@H]2C=C5. The number of hydrogen-bond donors (Lipinski definition) is 1. The van der Waals surface area contributed by atoms with Crippen LogP contribution in [0, 0.1) is 52.3 Å². The zero-order valence-electron chi connectivity index (χ0n) is 33.3. The van der Waals surface area contributed by atoms with Gasteiger partial charge in [-0.25, -0.2) is 4.79 Å². The first-order chi connectivity index (χ1) is 26.7. The quantitative estimate of drug-likeness (QED) is 0.306. The summed E-state index contributed by atoms with van der Waals surface area (Å²) >= 11 is 0. The molecule has 8 fully saturated rings. The number of aryl methyl sites for hydroxylation is 1. The standard InChI is InChI=1S/C47H61N3O5/c1-4-8-31-22-37(51)42-45-18-17-33-34(15-14-32-26(3)20-29-13-16-36-30-21-27(23-49(31)25-30)24-50(36)41(29)40(32)33)46(45,44(53)54-42)38(9-5-2)47(45)35-12-6-10-28(11-7-19-48)39(35)43(52)55-47/h6,10,12,14-15,26-27,29-32,36,38,40-42H,4-5,7-9,11,13,16-25,48H2,1-3H3/t26-,27+,29-,30+,31-,32-,36+,38-,40+,41?,42-,45+,46-,47-/m0/s1. The summed E-state index contributed by atoms with van der Waals surface area (Å²) in [6.45, 7) is 10.7. The van der Waals surface area contributed by atoms with Gasteiger partial charge in [-0.1, -0.05) is 69.5 Å². The molecule has 0 amide bonds. The second kappa shape index (κ2) is 12.3. The highest BCUT2D eigenvalue weighted by atomic mass is 16.6. The van der Waals surface area contributed by atoms with Gasteiger partial charge < -0.3 is 15.2 Å². The molecule has 1 aromatic rings. The van der Waals surface area contributed by atoms with Crippen LogP contribution in [0.2, 0.25) is 0 Å². The molecule has 2 spiro atoms. The zero-order valence-corrected chi connectivity index (χ0v) is 33.3. The molecule has 294 valence electrons. The molecular weight excluding hydrogens is 687 g/mol. The maximum atomic E-state index is 15.5. The zero-order chi connectivity index (χ0) is 37.6. The maximum Gasteiger partial charge on any atom is 0.339 e. The fourth-order valence-corrected chi connectivity index (χ4v) is 16.4. The van der Waals surface area contributed by atoms with Crippen molar-refractivity contribution >= 4 is 17.7 Å². The Hall–Kier alpha value is -2.81. The minimum Gasteiger partial charge on any atom is -0.453 e. The van der Waals surface area contributed by atoms with Crippen molar-refractivity contribution in [1.29, 1.82) is 0 Å². The summed E-state index contributed by atoms with van der Waals surface area (Å²) < 4.78 is 13.8. The second-order valence-electron chi connectivity index (χ2n) is 19.9. The van der Waals surface area contributed by atoms with Gasteiger partial charge in [-0.05, 0) is 111 Å². The third-order valence-electron chi connectivity index (χ3n) is 17.8. The smallest absolute Gasteiger partial charge is 0.339 e. The summed E-state index contributed by atoms with van der Waals surface area (Å²) in [6, 6.07) is 7.37. The van der Waals surface area contributed by atoms with Crippen molar-refractivity contribution in [2.75, 3.05) is 26.2 Å². The van der Waals surface area contributed by atoms with Crippen molar-refractivity contribution in [2.24, 2.45) is 58.0 Å². The Balaban J connectivity index is 1.17. The number of ketones is 1. The highest BCUT2D eigenvalue weighted by Crippen LogP contribution is 2.86. The van der Waals surface area contributed by atoms with Gasteiger partial charge in [0.15, 0.2) is 17.5 Å². The molecule has 9 heterocycles. The van der Waals surface area contributed by atoms with Gasteiger partial charge in [0.05, 0.1) is 11.0 Å². The molecule has 3 unspecified atom stereocenters. The van der Waals surface area contributed by atoms with Crippen LogP contribution in [0.15, 0.2) is 41.5 Å². The van der Waals surface area contributed by atoms with Crippen molar-refractivity contribution in [3.05, 3.63) is 58.2 Å². The summed E-state index contributed by atoms with van der Waals surface area (Å²) in [5.74, 6) is 2.47. The van der Waals surface area contributed by atoms with Crippen LogP contribution >= 0.6 is 0 Å². The Kier molecular flexibility index (Phi) is 7.94. The largest absolute Gasteiger partial charge is 0.453 e. The number of fused-ring (bicyclic) bond motifs is 2. The normalized spacial score (nSPS) is 48.1. The molecule has 0 aromatic heterocycles. The lowest BCUT2D eigenvalue weighted by Gasteiger charge is -2.72. The van der Waals surface area contributed by atoms with Crippen molar-refractivity contribution in [1.82, 2.24) is 9.80 Å². The summed E-state index contributed by atoms with van der Waals surface area (Å²) in [5.41, 5.74) is 7.94. The highest BCUT2D eigenvalue weighted by Gasteiger charge is 2.94. The van der Waals surface area contributed by atoms with Gasteiger partial charge >= 0.3 is 11.9 Å². The van der Waals surface area contributed by atoms with Crippen LogP contribution in [-0.2, 0) is 31.1 Å². The molecule has 0 radical (unpaired) electrons. The number of allylic oxidation sites excluding steroid dienone is 2. The predicted molar refractivity (Wildman–Crippen MR) is 209 cm³/mol. The number of rotatable bonds is 7. The Morgan fingerprint density at radius 2 is 1.85 bits per heavy atom. The first-order valence-corrected chi connectivity index (χ1v) is 22.5. The van der Waals surface area contributed by atoms with Crippen LogP contribution in [0.5, 0.6) is 0 Å². The molecule has 13 aliphatic rings. The minimum absolute atomic E-state index is 0.0332. The number of nitrogens with zero attached hydrogens (tertiary/aromatic N) is 2. The predicted octanol–water partition coefficient (Wildman–Crippen LogP) is 6.75.